The monoisotopic (exact) mass is 913 g/mol. The molecular formula is C42H77BF4N14O3. The minimum atomic E-state index is -2.92. The van der Waals surface area contributed by atoms with Crippen LogP contribution in [0.4, 0.5) is 0 Å². The summed E-state index contributed by atoms with van der Waals surface area (Å²) in [4.78, 5) is 21.8. The Morgan fingerprint density at radius 1 is 0.297 bits per heavy atom. The first kappa shape index (κ1) is 67.2. The van der Waals surface area contributed by atoms with Crippen LogP contribution in [0.2, 0.25) is 0 Å². The average molecular weight is 913 g/mol. The molecule has 64 heavy (non-hydrogen) atoms. The van der Waals surface area contributed by atoms with E-state index in [9.17, 15) is 0 Å². The number of imidazole rings is 7. The second-order valence-corrected chi connectivity index (χ2v) is 13.4. The molecule has 0 atom stereocenters. The van der Waals surface area contributed by atoms with Crippen molar-refractivity contribution in [2.24, 2.45) is 49.3 Å². The molecule has 7 aromatic rings. The number of halogens is 4. The first-order valence-corrected chi connectivity index (χ1v) is 20.7. The van der Waals surface area contributed by atoms with Gasteiger partial charge in [-0.2, -0.15) is 0 Å². The average Bonchev–Trinajstić information content (AvgIpc) is 4.10. The fourth-order valence-electron chi connectivity index (χ4n) is 5.52. The van der Waals surface area contributed by atoms with Crippen molar-refractivity contribution in [1.29, 1.82) is 0 Å². The van der Waals surface area contributed by atoms with Gasteiger partial charge in [0.1, 0.15) is 86.8 Å². The number of rotatable bonds is 7. The number of nitrogens with one attached hydrogen (secondary N) is 7. The molecule has 0 aliphatic carbocycles. The molecule has 0 bridgehead atoms. The van der Waals surface area contributed by atoms with E-state index in [-0.39, 0.29) is 18.8 Å². The maximum absolute atomic E-state index is 8.42. The van der Waals surface area contributed by atoms with Crippen molar-refractivity contribution in [3.8, 4) is 0 Å². The van der Waals surface area contributed by atoms with Gasteiger partial charge in [0.2, 0.25) is 0 Å². The summed E-state index contributed by atoms with van der Waals surface area (Å²) in [5.41, 5.74) is 0. The third-order valence-electron chi connectivity index (χ3n) is 9.16. The van der Waals surface area contributed by atoms with Crippen LogP contribution in [0.25, 0.3) is 0 Å². The van der Waals surface area contributed by atoms with Crippen molar-refractivity contribution in [1.82, 2.24) is 34.9 Å². The molecule has 7 N–H and O–H groups in total. The Morgan fingerprint density at radius 3 is 0.422 bits per heavy atom. The van der Waals surface area contributed by atoms with Crippen LogP contribution in [-0.4, -0.2) is 42.2 Å². The Balaban J connectivity index is -0.000000206. The summed E-state index contributed by atoms with van der Waals surface area (Å²) in [6.45, 7) is 14.9. The van der Waals surface area contributed by atoms with Crippen molar-refractivity contribution in [3.63, 3.8) is 0 Å². The maximum Gasteiger partial charge on any atom is 0.253 e. The quantitative estimate of drug-likeness (QED) is 0.0474. The summed E-state index contributed by atoms with van der Waals surface area (Å²) >= 11 is 0. The van der Waals surface area contributed by atoms with E-state index in [4.69, 9.17) is 15.1 Å². The van der Waals surface area contributed by atoms with Gasteiger partial charge in [-0.05, 0) is 0 Å². The number of H-pyrrole nitrogens is 7. The molecule has 0 spiro atoms. The van der Waals surface area contributed by atoms with Crippen molar-refractivity contribution >= 4 is 7.32 Å². The van der Waals surface area contributed by atoms with Crippen LogP contribution in [0.1, 0.15) is 89.2 Å². The highest BCUT2D eigenvalue weighted by Gasteiger charge is 2.03. The number of aryl methyl sites for hydroxylation is 14. The number of hydrogen-bond acceptors (Lipinski definition) is 3. The van der Waals surface area contributed by atoms with Gasteiger partial charge in [-0.1, -0.05) is 48.5 Å². The largest absolute Gasteiger partial charge is 1.00 e. The molecule has 17 nitrogen and oxygen atoms in total. The lowest BCUT2D eigenvalue weighted by Gasteiger charge is -2.35. The van der Waals surface area contributed by atoms with Gasteiger partial charge in [-0.25, -0.2) is 66.9 Å². The Kier molecular flexibility index (Phi) is 42.0. The highest BCUT2D eigenvalue weighted by atomic mass is 19.0. The molecule has 0 saturated carbocycles. The predicted octanol–water partition coefficient (Wildman–Crippen LogP) is -13.1. The summed E-state index contributed by atoms with van der Waals surface area (Å²) in [7, 11) is 11.3. The third-order valence-corrected chi connectivity index (χ3v) is 9.16. The lowest BCUT2D eigenvalue weighted by Crippen LogP contribution is -3.00. The maximum atomic E-state index is 8.42. The summed E-state index contributed by atoms with van der Waals surface area (Å²) in [6.07, 6.45) is 35.2. The second-order valence-electron chi connectivity index (χ2n) is 13.4. The van der Waals surface area contributed by atoms with E-state index >= 15 is 0 Å². The molecule has 364 valence electrons. The molecule has 0 amide bonds. The third kappa shape index (κ3) is 28.0. The van der Waals surface area contributed by atoms with Crippen LogP contribution in [-0.2, 0) is 94.3 Å². The zero-order chi connectivity index (χ0) is 45.5. The minimum Gasteiger partial charge on any atom is -1.00 e. The van der Waals surface area contributed by atoms with Crippen LogP contribution < -0.4 is 65.9 Å². The fraction of sp³-hybridized carbons (Fsp3) is 0.500. The normalized spacial score (nSPS) is 8.95. The van der Waals surface area contributed by atoms with Gasteiger partial charge < -0.3 is 33.9 Å². The van der Waals surface area contributed by atoms with Gasteiger partial charge in [0, 0.05) is 44.9 Å². The molecule has 22 heteroatoms. The molecule has 7 rings (SSSR count). The van der Waals surface area contributed by atoms with Gasteiger partial charge in [-0.3, -0.25) is 7.32 Å². The summed E-state index contributed by atoms with van der Waals surface area (Å²) in [5, 5.41) is 25.2. The molecule has 0 aliphatic heterocycles. The van der Waals surface area contributed by atoms with Crippen LogP contribution in [0.15, 0.2) is 86.8 Å². The van der Waals surface area contributed by atoms with Crippen LogP contribution in [0.5, 0.6) is 0 Å². The summed E-state index contributed by atoms with van der Waals surface area (Å²) in [5.74, 6) is 8.88. The minimum absolute atomic E-state index is 0. The Hall–Kier alpha value is -5.87. The molecule has 0 saturated heterocycles. The highest BCUT2D eigenvalue weighted by molar-refractivity contribution is 6.24. The molecule has 7 heterocycles. The van der Waals surface area contributed by atoms with Gasteiger partial charge in [0.25, 0.3) is 40.8 Å². The van der Waals surface area contributed by atoms with Gasteiger partial charge >= 0.3 is 0 Å². The van der Waals surface area contributed by atoms with Crippen molar-refractivity contribution < 1.29 is 65.9 Å². The van der Waals surface area contributed by atoms with Crippen molar-refractivity contribution in [2.75, 3.05) is 0 Å². The number of hydrogen-bond donors (Lipinski definition) is 7. The summed E-state index contributed by atoms with van der Waals surface area (Å²) in [6, 6.07) is 0. The SMILES string of the molecule is CCc1[nH]cc[n+]1C.CCc1[nH]cc[n+]1C.CCc1[nH]cc[n+]1C.CCc1[nH]cc[n+]1C.CCc1[nH]cc[n+]1C.CCc1[nH]cc[n+]1C.CCc1[nH]cc[n+]1C.[F-].[F-].[F-].[F-].[O-]B([O-])[O-]. The lowest BCUT2D eigenvalue weighted by molar-refractivity contribution is -0.677. The lowest BCUT2D eigenvalue weighted by atomic mass is 10.3. The highest BCUT2D eigenvalue weighted by Crippen LogP contribution is 1.87. The van der Waals surface area contributed by atoms with E-state index in [1.54, 1.807) is 0 Å². The molecular weight excluding hydrogens is 835 g/mol. The second kappa shape index (κ2) is 39.9. The first-order chi connectivity index (χ1) is 28.6. The predicted molar refractivity (Wildman–Crippen MR) is 225 cm³/mol. The Morgan fingerprint density at radius 2 is 0.391 bits per heavy atom. The van der Waals surface area contributed by atoms with Crippen LogP contribution in [0.3, 0.4) is 0 Å². The molecule has 0 aromatic carbocycles. The standard InChI is InChI=1S/7C6H10N2.BO3.4FH/c7*1-3-6-7-4-5-8(6)2;2-1(3)4;;;;/h7*4-5H,3H2,1-2H3;;4*1H/q;;;;;;;-3;;;;/p+3. The molecule has 7 aromatic heterocycles. The van der Waals surface area contributed by atoms with E-state index in [2.05, 4.69) is 115 Å². The van der Waals surface area contributed by atoms with Crippen molar-refractivity contribution in [2.45, 2.75) is 93.4 Å². The Bertz CT molecular complexity index is 1660. The van der Waals surface area contributed by atoms with E-state index in [1.807, 2.05) is 136 Å². The van der Waals surface area contributed by atoms with E-state index in [0.717, 1.165) is 44.9 Å². The van der Waals surface area contributed by atoms with Gasteiger partial charge in [0.05, 0.1) is 49.3 Å². The zero-order valence-corrected chi connectivity index (χ0v) is 40.5. The molecule has 0 radical (unpaired) electrons. The Labute approximate surface area is 377 Å². The number of aromatic amines is 7. The zero-order valence-electron chi connectivity index (χ0n) is 40.5. The fourth-order valence-corrected chi connectivity index (χ4v) is 5.52. The topological polar surface area (TPSA) is 207 Å². The van der Waals surface area contributed by atoms with Crippen LogP contribution in [0, 0.1) is 0 Å². The van der Waals surface area contributed by atoms with Gasteiger partial charge in [0.15, 0.2) is 0 Å². The molecule has 0 unspecified atom stereocenters. The molecule has 0 fully saturated rings. The van der Waals surface area contributed by atoms with E-state index < -0.39 is 7.32 Å². The van der Waals surface area contributed by atoms with Gasteiger partial charge in [-0.15, -0.1) is 0 Å². The van der Waals surface area contributed by atoms with E-state index in [1.165, 1.54) is 40.8 Å². The number of nitrogens with zero attached hydrogens (tertiary/aromatic N) is 7. The first-order valence-electron chi connectivity index (χ1n) is 20.7. The van der Waals surface area contributed by atoms with Crippen LogP contribution >= 0.6 is 0 Å². The smallest absolute Gasteiger partial charge is 0.253 e. The number of aromatic nitrogens is 14. The van der Waals surface area contributed by atoms with E-state index in [0.29, 0.717) is 0 Å². The van der Waals surface area contributed by atoms with Crippen molar-refractivity contribution in [3.05, 3.63) is 128 Å². The molecule has 0 aliphatic rings. The summed E-state index contributed by atoms with van der Waals surface area (Å²) < 4.78 is 14.6.